The molecule has 0 aromatic heterocycles. The molecule has 10 aliphatic rings. The number of allylic oxidation sites excluding steroid dienone is 2. The first kappa shape index (κ1) is 40.7. The molecule has 56 heavy (non-hydrogen) atoms. The van der Waals surface area contributed by atoms with E-state index in [1.165, 1.54) is 0 Å². The van der Waals surface area contributed by atoms with Gasteiger partial charge in [0.1, 0.15) is 0 Å². The molecule has 0 aromatic carbocycles. The van der Waals surface area contributed by atoms with Crippen LogP contribution in [-0.4, -0.2) is 111 Å². The first-order valence-electron chi connectivity index (χ1n) is 16.3. The maximum absolute atomic E-state index is 14.5. The van der Waals surface area contributed by atoms with E-state index in [1.807, 2.05) is 0 Å². The van der Waals surface area contributed by atoms with Crippen molar-refractivity contribution in [1.29, 1.82) is 0 Å². The number of rotatable bonds is 0. The SMILES string of the molecule is FC1(F)C(F)(F)C2(F)C3C=CC(C3)C2(F)C1(F)F.FC1(F)C(F)(F)C2(F)C3CC(C4OC43)C2(F)C1(F)F.OC1CC2CC1C1(F)C(F)(F)C(F)(F)C(F)(F)C21F. The van der Waals surface area contributed by atoms with Crippen molar-refractivity contribution < 1.29 is 115 Å². The number of aliphatic hydroxyl groups excluding tert-OH is 1. The average molecular weight is 868 g/mol. The van der Waals surface area contributed by atoms with Crippen LogP contribution in [0.15, 0.2) is 12.2 Å². The van der Waals surface area contributed by atoms with Crippen molar-refractivity contribution in [2.24, 2.45) is 35.5 Å². The highest BCUT2D eigenvalue weighted by Gasteiger charge is 3.07. The first-order chi connectivity index (χ1) is 24.8. The third-order valence-electron chi connectivity index (χ3n) is 14.3. The van der Waals surface area contributed by atoms with Crippen LogP contribution >= 0.6 is 0 Å². The fraction of sp³-hybridized carbons (Fsp3) is 0.933. The van der Waals surface area contributed by atoms with Gasteiger partial charge in [-0.15, -0.1) is 0 Å². The molecule has 9 fully saturated rings. The summed E-state index contributed by atoms with van der Waals surface area (Å²) in [6.45, 7) is 0. The normalized spacial score (nSPS) is 57.4. The van der Waals surface area contributed by atoms with E-state index < -0.39 is 167 Å². The second-order valence-electron chi connectivity index (χ2n) is 16.1. The van der Waals surface area contributed by atoms with Gasteiger partial charge in [-0.3, -0.25) is 0 Å². The lowest BCUT2D eigenvalue weighted by molar-refractivity contribution is -0.299. The number of epoxide rings is 1. The Kier molecular flexibility index (Phi) is 7.00. The van der Waals surface area contributed by atoms with Crippen LogP contribution in [0.5, 0.6) is 0 Å². The number of aliphatic hydroxyl groups is 1. The van der Waals surface area contributed by atoms with E-state index in [1.54, 1.807) is 0 Å². The third-order valence-corrected chi connectivity index (χ3v) is 14.3. The Morgan fingerprint density at radius 3 is 1.00 bits per heavy atom. The molecule has 26 heteroatoms. The zero-order valence-corrected chi connectivity index (χ0v) is 26.6. The lowest BCUT2D eigenvalue weighted by atomic mass is 9.73. The van der Waals surface area contributed by atoms with Crippen LogP contribution in [0.25, 0.3) is 0 Å². The predicted molar refractivity (Wildman–Crippen MR) is 131 cm³/mol. The Balaban J connectivity index is 0.000000118. The van der Waals surface area contributed by atoms with E-state index in [0.717, 1.165) is 12.2 Å². The van der Waals surface area contributed by atoms with Crippen molar-refractivity contribution in [3.05, 3.63) is 12.2 Å². The van der Waals surface area contributed by atoms with E-state index in [9.17, 15) is 110 Å². The second-order valence-corrected chi connectivity index (χ2v) is 16.1. The molecule has 0 spiro atoms. The molecule has 15 unspecified atom stereocenters. The highest BCUT2D eigenvalue weighted by molar-refractivity contribution is 5.44. The summed E-state index contributed by atoms with van der Waals surface area (Å²) in [6.07, 6.45) is -5.39. The van der Waals surface area contributed by atoms with Crippen molar-refractivity contribution in [3.8, 4) is 0 Å². The predicted octanol–water partition coefficient (Wildman–Crippen LogP) is 8.99. The van der Waals surface area contributed by atoms with Crippen LogP contribution in [-0.2, 0) is 4.74 Å². The molecule has 10 rings (SSSR count). The van der Waals surface area contributed by atoms with Crippen LogP contribution in [0.2, 0.25) is 0 Å². The fourth-order valence-electron chi connectivity index (χ4n) is 11.6. The zero-order valence-electron chi connectivity index (χ0n) is 26.6. The lowest BCUT2D eigenvalue weighted by Gasteiger charge is -2.41. The average Bonchev–Trinajstić information content (AvgIpc) is 3.57. The molecular weight excluding hydrogens is 848 g/mol. The zero-order chi connectivity index (χ0) is 42.6. The maximum atomic E-state index is 14.5. The van der Waals surface area contributed by atoms with Gasteiger partial charge >= 0.3 is 53.3 Å². The van der Waals surface area contributed by atoms with Gasteiger partial charge in [0.15, 0.2) is 0 Å². The molecule has 0 amide bonds. The number of hydrogen-bond donors (Lipinski definition) is 1. The Labute approximate surface area is 294 Å². The first-order valence-corrected chi connectivity index (χ1v) is 16.3. The van der Waals surface area contributed by atoms with Gasteiger partial charge < -0.3 is 9.84 Å². The van der Waals surface area contributed by atoms with Crippen LogP contribution in [0, 0.1) is 35.5 Å². The van der Waals surface area contributed by atoms with Crippen molar-refractivity contribution >= 4 is 0 Å². The standard InChI is InChI=1S/C10H6F8O.C10H8F8O.C10H6F8/c11-6-2-1-3(5-4(2)19-5)7(6,12)9(15,16)10(17,18)8(6,13)14;11-6-3-1-4(5(19)2-3)7(6,12)9(15,16)10(17,18)8(6,13)14;11-6-4-1-2-5(3-4)7(6,12)9(15,16)10(17,18)8(6,13)14/h2-5H,1H2;3-5,19H,1-2H2;1-2,4-5H,3H2. The molecule has 320 valence electrons. The number of halogens is 24. The number of fused-ring (bicyclic) bond motifs is 18. The van der Waals surface area contributed by atoms with Crippen molar-refractivity contribution in [1.82, 2.24) is 0 Å². The lowest BCUT2D eigenvalue weighted by Crippen LogP contribution is -2.63. The topological polar surface area (TPSA) is 32.8 Å². The summed E-state index contributed by atoms with van der Waals surface area (Å²) in [5.41, 5.74) is -27.7. The Morgan fingerprint density at radius 1 is 0.339 bits per heavy atom. The second kappa shape index (κ2) is 9.62. The number of hydrogen-bond acceptors (Lipinski definition) is 2. The summed E-state index contributed by atoms with van der Waals surface area (Å²) in [5.74, 6) is -65.1. The minimum atomic E-state index is -6.13. The Morgan fingerprint density at radius 2 is 0.643 bits per heavy atom. The van der Waals surface area contributed by atoms with Crippen LogP contribution < -0.4 is 0 Å². The summed E-state index contributed by atoms with van der Waals surface area (Å²) < 4.78 is 331. The maximum Gasteiger partial charge on any atom is 0.378 e. The van der Waals surface area contributed by atoms with Gasteiger partial charge in [-0.25, -0.2) is 26.3 Å². The molecule has 2 nitrogen and oxygen atoms in total. The monoisotopic (exact) mass is 868 g/mol. The van der Waals surface area contributed by atoms with E-state index in [2.05, 4.69) is 4.74 Å². The summed E-state index contributed by atoms with van der Waals surface area (Å²) in [6, 6.07) is 0. The smallest absolute Gasteiger partial charge is 0.378 e. The number of ether oxygens (including phenoxy) is 1. The molecule has 0 aromatic rings. The fourth-order valence-corrected chi connectivity index (χ4v) is 11.6. The summed E-state index contributed by atoms with van der Waals surface area (Å²) >= 11 is 0. The minimum Gasteiger partial charge on any atom is -0.393 e. The third kappa shape index (κ3) is 3.12. The van der Waals surface area contributed by atoms with Crippen LogP contribution in [0.1, 0.15) is 25.7 Å². The molecule has 1 aliphatic heterocycles. The van der Waals surface area contributed by atoms with Gasteiger partial charge in [-0.05, 0) is 25.7 Å². The molecule has 9 aliphatic carbocycles. The molecule has 1 heterocycles. The largest absolute Gasteiger partial charge is 0.393 e. The molecule has 15 atom stereocenters. The van der Waals surface area contributed by atoms with E-state index in [0.29, 0.717) is 0 Å². The molecule has 8 saturated carbocycles. The Bertz CT molecular complexity index is 1680. The summed E-state index contributed by atoms with van der Waals surface area (Å²) in [7, 11) is 0. The molecular formula is C30H20F24O2. The van der Waals surface area contributed by atoms with Crippen molar-refractivity contribution in [2.75, 3.05) is 0 Å². The van der Waals surface area contributed by atoms with Crippen LogP contribution in [0.3, 0.4) is 0 Å². The minimum absolute atomic E-state index is 0.621. The van der Waals surface area contributed by atoms with Gasteiger partial charge in [0, 0.05) is 35.5 Å². The van der Waals surface area contributed by atoms with Crippen molar-refractivity contribution in [3.63, 3.8) is 0 Å². The molecule has 1 N–H and O–H groups in total. The van der Waals surface area contributed by atoms with E-state index >= 15 is 0 Å². The summed E-state index contributed by atoms with van der Waals surface area (Å²) in [4.78, 5) is 0. The summed E-state index contributed by atoms with van der Waals surface area (Å²) in [5, 5.41) is 9.29. The highest BCUT2D eigenvalue weighted by Crippen LogP contribution is 2.83. The molecule has 0 radical (unpaired) electrons. The van der Waals surface area contributed by atoms with E-state index in [4.69, 9.17) is 0 Å². The van der Waals surface area contributed by atoms with Gasteiger partial charge in [0.2, 0.25) is 34.0 Å². The van der Waals surface area contributed by atoms with Crippen LogP contribution in [0.4, 0.5) is 105 Å². The highest BCUT2D eigenvalue weighted by atomic mass is 19.4. The van der Waals surface area contributed by atoms with Gasteiger partial charge in [-0.2, -0.15) is 79.0 Å². The van der Waals surface area contributed by atoms with Gasteiger partial charge in [0.05, 0.1) is 18.3 Å². The van der Waals surface area contributed by atoms with E-state index in [-0.39, 0.29) is 0 Å². The van der Waals surface area contributed by atoms with Gasteiger partial charge in [-0.1, -0.05) is 12.2 Å². The molecule has 6 bridgehead atoms. The Hall–Kier alpha value is -2.02. The van der Waals surface area contributed by atoms with Crippen molar-refractivity contribution in [2.45, 2.75) is 131 Å². The number of alkyl halides is 24. The quantitative estimate of drug-likeness (QED) is 0.150. The van der Waals surface area contributed by atoms with Gasteiger partial charge in [0.25, 0.3) is 0 Å². The molecule has 1 saturated heterocycles.